The number of hydrogen-bond donors (Lipinski definition) is 2. The molecule has 1 atom stereocenters. The van der Waals surface area contributed by atoms with Gasteiger partial charge in [-0.25, -0.2) is 9.97 Å². The molecule has 0 fully saturated rings. The second kappa shape index (κ2) is 7.56. The van der Waals surface area contributed by atoms with Crippen molar-refractivity contribution >= 4 is 17.8 Å². The lowest BCUT2D eigenvalue weighted by Gasteiger charge is -2.23. The standard InChI is InChI=1S/C14H22N4O3/c1-10(12(20)18-14(2,3)4)21-11(19)6-9-17-13-15-7-5-8-16-13/h5,7-8,10H,6,9H2,1-4H3,(H,18,20)(H,15,16,17). The highest BCUT2D eigenvalue weighted by Crippen LogP contribution is 2.02. The van der Waals surface area contributed by atoms with Gasteiger partial charge in [0, 0.05) is 24.5 Å². The van der Waals surface area contributed by atoms with E-state index in [0.717, 1.165) is 0 Å². The van der Waals surface area contributed by atoms with E-state index in [1.54, 1.807) is 25.4 Å². The molecule has 116 valence electrons. The molecule has 1 aromatic heterocycles. The number of carbonyl (C=O) groups excluding carboxylic acids is 2. The first-order chi connectivity index (χ1) is 9.78. The number of anilines is 1. The van der Waals surface area contributed by atoms with Gasteiger partial charge in [0.15, 0.2) is 6.10 Å². The summed E-state index contributed by atoms with van der Waals surface area (Å²) in [6.07, 6.45) is 2.52. The van der Waals surface area contributed by atoms with Crippen molar-refractivity contribution in [3.8, 4) is 0 Å². The molecular weight excluding hydrogens is 272 g/mol. The number of rotatable bonds is 6. The number of amides is 1. The van der Waals surface area contributed by atoms with Crippen LogP contribution in [0.3, 0.4) is 0 Å². The van der Waals surface area contributed by atoms with E-state index in [0.29, 0.717) is 12.5 Å². The number of nitrogens with one attached hydrogen (secondary N) is 2. The van der Waals surface area contributed by atoms with Crippen LogP contribution >= 0.6 is 0 Å². The molecule has 0 saturated heterocycles. The lowest BCUT2D eigenvalue weighted by atomic mass is 10.1. The Morgan fingerprint density at radius 2 is 1.90 bits per heavy atom. The Hall–Kier alpha value is -2.18. The second-order valence-corrected chi connectivity index (χ2v) is 5.62. The minimum absolute atomic E-state index is 0.130. The Kier molecular flexibility index (Phi) is 6.08. The quantitative estimate of drug-likeness (QED) is 0.764. The maximum absolute atomic E-state index is 11.8. The van der Waals surface area contributed by atoms with Crippen molar-refractivity contribution in [2.45, 2.75) is 45.8 Å². The summed E-state index contributed by atoms with van der Waals surface area (Å²) in [4.78, 5) is 31.3. The minimum Gasteiger partial charge on any atom is -0.452 e. The summed E-state index contributed by atoms with van der Waals surface area (Å²) in [5, 5.41) is 5.65. The fourth-order valence-corrected chi connectivity index (χ4v) is 1.45. The van der Waals surface area contributed by atoms with Crippen LogP contribution < -0.4 is 10.6 Å². The van der Waals surface area contributed by atoms with Gasteiger partial charge in [0.2, 0.25) is 5.95 Å². The topological polar surface area (TPSA) is 93.2 Å². The molecule has 0 aromatic carbocycles. The molecule has 0 saturated carbocycles. The van der Waals surface area contributed by atoms with E-state index in [4.69, 9.17) is 4.74 Å². The van der Waals surface area contributed by atoms with Crippen molar-refractivity contribution in [2.24, 2.45) is 0 Å². The first-order valence-corrected chi connectivity index (χ1v) is 6.80. The molecule has 1 rings (SSSR count). The van der Waals surface area contributed by atoms with Gasteiger partial charge in [-0.2, -0.15) is 0 Å². The van der Waals surface area contributed by atoms with E-state index in [9.17, 15) is 9.59 Å². The van der Waals surface area contributed by atoms with Gasteiger partial charge in [-0.1, -0.05) is 0 Å². The van der Waals surface area contributed by atoms with Gasteiger partial charge in [-0.05, 0) is 33.8 Å². The smallest absolute Gasteiger partial charge is 0.308 e. The van der Waals surface area contributed by atoms with Gasteiger partial charge >= 0.3 is 5.97 Å². The Morgan fingerprint density at radius 1 is 1.29 bits per heavy atom. The lowest BCUT2D eigenvalue weighted by molar-refractivity contribution is -0.155. The van der Waals surface area contributed by atoms with Crippen molar-refractivity contribution < 1.29 is 14.3 Å². The molecule has 0 aliphatic heterocycles. The summed E-state index contributed by atoms with van der Waals surface area (Å²) in [5.41, 5.74) is -0.357. The van der Waals surface area contributed by atoms with Gasteiger partial charge in [0.05, 0.1) is 6.42 Å². The number of carbonyl (C=O) groups is 2. The Morgan fingerprint density at radius 3 is 2.48 bits per heavy atom. The Bertz CT molecular complexity index is 471. The largest absolute Gasteiger partial charge is 0.452 e. The molecule has 0 bridgehead atoms. The van der Waals surface area contributed by atoms with Crippen molar-refractivity contribution in [3.63, 3.8) is 0 Å². The molecular formula is C14H22N4O3. The number of aromatic nitrogens is 2. The van der Waals surface area contributed by atoms with Crippen LogP contribution in [0.1, 0.15) is 34.1 Å². The predicted octanol–water partition coefficient (Wildman–Crippen LogP) is 1.12. The van der Waals surface area contributed by atoms with Gasteiger partial charge in [-0.3, -0.25) is 9.59 Å². The number of ether oxygens (including phenoxy) is 1. The Labute approximate surface area is 124 Å². The highest BCUT2D eigenvalue weighted by atomic mass is 16.5. The van der Waals surface area contributed by atoms with Crippen molar-refractivity contribution in [1.29, 1.82) is 0 Å². The normalized spacial score (nSPS) is 12.4. The summed E-state index contributed by atoms with van der Waals surface area (Å²) >= 11 is 0. The highest BCUT2D eigenvalue weighted by molar-refractivity contribution is 5.83. The van der Waals surface area contributed by atoms with Crippen LogP contribution in [0.2, 0.25) is 0 Å². The summed E-state index contributed by atoms with van der Waals surface area (Å²) in [6, 6.07) is 1.70. The van der Waals surface area contributed by atoms with Gasteiger partial charge < -0.3 is 15.4 Å². The molecule has 0 radical (unpaired) electrons. The van der Waals surface area contributed by atoms with Crippen molar-refractivity contribution in [3.05, 3.63) is 18.5 Å². The van der Waals surface area contributed by atoms with Crippen molar-refractivity contribution in [1.82, 2.24) is 15.3 Å². The van der Waals surface area contributed by atoms with E-state index in [2.05, 4.69) is 20.6 Å². The zero-order valence-electron chi connectivity index (χ0n) is 12.8. The maximum atomic E-state index is 11.8. The third-order valence-electron chi connectivity index (χ3n) is 2.35. The third-order valence-corrected chi connectivity index (χ3v) is 2.35. The average molecular weight is 294 g/mol. The van der Waals surface area contributed by atoms with Gasteiger partial charge in [-0.15, -0.1) is 0 Å². The molecule has 2 N–H and O–H groups in total. The van der Waals surface area contributed by atoms with Crippen LogP contribution in [0.15, 0.2) is 18.5 Å². The second-order valence-electron chi connectivity index (χ2n) is 5.62. The highest BCUT2D eigenvalue weighted by Gasteiger charge is 2.22. The average Bonchev–Trinajstić information content (AvgIpc) is 2.37. The zero-order chi connectivity index (χ0) is 15.9. The van der Waals surface area contributed by atoms with Crippen LogP contribution in [0, 0.1) is 0 Å². The Balaban J connectivity index is 2.28. The molecule has 1 aromatic rings. The van der Waals surface area contributed by atoms with Crippen LogP contribution in [-0.2, 0) is 14.3 Å². The monoisotopic (exact) mass is 294 g/mol. The van der Waals surface area contributed by atoms with Gasteiger partial charge in [0.25, 0.3) is 5.91 Å². The molecule has 0 aliphatic rings. The van der Waals surface area contributed by atoms with E-state index in [1.807, 2.05) is 20.8 Å². The number of esters is 1. The summed E-state index contributed by atoms with van der Waals surface area (Å²) < 4.78 is 5.06. The fourth-order valence-electron chi connectivity index (χ4n) is 1.45. The maximum Gasteiger partial charge on any atom is 0.308 e. The van der Waals surface area contributed by atoms with Crippen molar-refractivity contribution in [2.75, 3.05) is 11.9 Å². The van der Waals surface area contributed by atoms with E-state index < -0.39 is 12.1 Å². The third kappa shape index (κ3) is 7.24. The molecule has 1 unspecified atom stereocenters. The predicted molar refractivity (Wildman–Crippen MR) is 78.6 cm³/mol. The number of hydrogen-bond acceptors (Lipinski definition) is 6. The molecule has 1 amide bonds. The molecule has 1 heterocycles. The molecule has 21 heavy (non-hydrogen) atoms. The molecule has 0 aliphatic carbocycles. The van der Waals surface area contributed by atoms with E-state index >= 15 is 0 Å². The SMILES string of the molecule is CC(OC(=O)CCNc1ncccn1)C(=O)NC(C)(C)C. The molecule has 7 heteroatoms. The first-order valence-electron chi connectivity index (χ1n) is 6.80. The van der Waals surface area contributed by atoms with Crippen LogP contribution in [0.25, 0.3) is 0 Å². The van der Waals surface area contributed by atoms with Crippen LogP contribution in [0.5, 0.6) is 0 Å². The number of nitrogens with zero attached hydrogens (tertiary/aromatic N) is 2. The lowest BCUT2D eigenvalue weighted by Crippen LogP contribution is -2.46. The fraction of sp³-hybridized carbons (Fsp3) is 0.571. The molecule has 7 nitrogen and oxygen atoms in total. The van der Waals surface area contributed by atoms with Crippen LogP contribution in [0.4, 0.5) is 5.95 Å². The van der Waals surface area contributed by atoms with E-state index in [-0.39, 0.29) is 17.9 Å². The minimum atomic E-state index is -0.815. The molecule has 0 spiro atoms. The van der Waals surface area contributed by atoms with Gasteiger partial charge in [0.1, 0.15) is 0 Å². The van der Waals surface area contributed by atoms with E-state index in [1.165, 1.54) is 0 Å². The zero-order valence-corrected chi connectivity index (χ0v) is 12.8. The summed E-state index contributed by atoms with van der Waals surface area (Å²) in [5.74, 6) is -0.311. The first kappa shape index (κ1) is 16.9. The summed E-state index contributed by atoms with van der Waals surface area (Å²) in [7, 11) is 0. The van der Waals surface area contributed by atoms with Crippen LogP contribution in [-0.4, -0.2) is 40.0 Å². The summed E-state index contributed by atoms with van der Waals surface area (Å²) in [6.45, 7) is 7.48.